The number of aliphatic hydroxyl groups excluding tert-OH is 1. The molecule has 3 atom stereocenters. The van der Waals surface area contributed by atoms with Gasteiger partial charge in [-0.25, -0.2) is 0 Å². The van der Waals surface area contributed by atoms with E-state index in [0.717, 1.165) is 0 Å². The lowest BCUT2D eigenvalue weighted by atomic mass is 9.76. The van der Waals surface area contributed by atoms with Gasteiger partial charge in [-0.15, -0.1) is 0 Å². The molecule has 3 aliphatic heterocycles. The Morgan fingerprint density at radius 2 is 1.95 bits per heavy atom. The summed E-state index contributed by atoms with van der Waals surface area (Å²) in [6, 6.07) is 14.2. The number of ether oxygens (including phenoxy) is 4. The summed E-state index contributed by atoms with van der Waals surface area (Å²) in [5.41, 5.74) is -0.227. The predicted octanol–water partition coefficient (Wildman–Crippen LogP) is 3.71. The molecule has 10 heteroatoms. The molecule has 0 aliphatic carbocycles. The van der Waals surface area contributed by atoms with Crippen molar-refractivity contribution >= 4 is 10.9 Å². The van der Waals surface area contributed by atoms with Crippen LogP contribution >= 0.6 is 0 Å². The van der Waals surface area contributed by atoms with Crippen LogP contribution in [0.2, 0.25) is 0 Å². The molecular formula is C28H23N3O7. The van der Waals surface area contributed by atoms with Gasteiger partial charge in [-0.1, -0.05) is 0 Å². The minimum atomic E-state index is -1.22. The van der Waals surface area contributed by atoms with Crippen LogP contribution in [0.5, 0.6) is 29.0 Å². The molecule has 3 N–H and O–H groups in total. The van der Waals surface area contributed by atoms with E-state index < -0.39 is 17.3 Å². The Kier molecular flexibility index (Phi) is 4.65. The SMILES string of the molecule is C[C@]12O[C@](CCOc3ccc4c(c3)OCO4)(C[C@@H]1O)c1c2c(O)n(-c2ccc(C#N)c3ncccc23)c1O. The van der Waals surface area contributed by atoms with Gasteiger partial charge in [-0.3, -0.25) is 9.55 Å². The van der Waals surface area contributed by atoms with E-state index in [4.69, 9.17) is 18.9 Å². The first-order valence-electron chi connectivity index (χ1n) is 12.2. The van der Waals surface area contributed by atoms with Gasteiger partial charge in [0.1, 0.15) is 23.0 Å². The van der Waals surface area contributed by atoms with Crippen LogP contribution in [0.3, 0.4) is 0 Å². The van der Waals surface area contributed by atoms with Crippen LogP contribution in [0, 0.1) is 11.3 Å². The van der Waals surface area contributed by atoms with Gasteiger partial charge in [0.2, 0.25) is 18.6 Å². The van der Waals surface area contributed by atoms with Gasteiger partial charge in [0, 0.05) is 30.5 Å². The first-order valence-corrected chi connectivity index (χ1v) is 12.2. The summed E-state index contributed by atoms with van der Waals surface area (Å²) in [5.74, 6) is 1.43. The zero-order valence-electron chi connectivity index (χ0n) is 20.3. The van der Waals surface area contributed by atoms with E-state index in [1.54, 1.807) is 55.6 Å². The van der Waals surface area contributed by atoms with Crippen molar-refractivity contribution in [2.45, 2.75) is 37.1 Å². The third kappa shape index (κ3) is 2.91. The molecule has 3 aliphatic rings. The third-order valence-electron chi connectivity index (χ3n) is 7.87. The fraction of sp³-hybridized carbons (Fsp3) is 0.286. The van der Waals surface area contributed by atoms with E-state index in [1.807, 2.05) is 0 Å². The maximum absolute atomic E-state index is 11.6. The molecule has 192 valence electrons. The summed E-state index contributed by atoms with van der Waals surface area (Å²) in [5, 5.41) is 44.1. The average molecular weight is 514 g/mol. The molecule has 0 amide bonds. The van der Waals surface area contributed by atoms with Crippen LogP contribution in [0.4, 0.5) is 0 Å². The van der Waals surface area contributed by atoms with Gasteiger partial charge >= 0.3 is 0 Å². The van der Waals surface area contributed by atoms with E-state index in [2.05, 4.69) is 11.1 Å². The molecule has 0 radical (unpaired) electrons. The summed E-state index contributed by atoms with van der Waals surface area (Å²) in [4.78, 5) is 4.34. The molecule has 4 aromatic rings. The van der Waals surface area contributed by atoms with E-state index in [1.165, 1.54) is 4.57 Å². The van der Waals surface area contributed by atoms with Crippen molar-refractivity contribution in [1.82, 2.24) is 9.55 Å². The number of aliphatic hydroxyl groups is 1. The van der Waals surface area contributed by atoms with Crippen LogP contribution in [0.15, 0.2) is 48.7 Å². The van der Waals surface area contributed by atoms with Crippen molar-refractivity contribution in [1.29, 1.82) is 5.26 Å². The second-order valence-corrected chi connectivity index (χ2v) is 9.91. The highest BCUT2D eigenvalue weighted by Gasteiger charge is 2.66. The van der Waals surface area contributed by atoms with Gasteiger partial charge in [-0.2, -0.15) is 5.26 Å². The molecule has 2 bridgehead atoms. The van der Waals surface area contributed by atoms with E-state index >= 15 is 0 Å². The highest BCUT2D eigenvalue weighted by Crippen LogP contribution is 2.65. The summed E-state index contributed by atoms with van der Waals surface area (Å²) in [7, 11) is 0. The number of fused-ring (bicyclic) bond motifs is 7. The standard InChI is InChI=1S/C28H23N3O7/c1-27-21(32)12-28(38-27,8-10-35-16-5-7-19-20(11-16)37-14-36-19)23-22(27)25(33)31(26(23)34)18-6-4-15(13-29)24-17(18)3-2-9-30-24/h2-7,9,11,21,32-34H,8,10,12,14H2,1H3/t21-,27-,28+/m0/s1. The van der Waals surface area contributed by atoms with Crippen LogP contribution in [0.1, 0.15) is 36.5 Å². The quantitative estimate of drug-likeness (QED) is 0.364. The summed E-state index contributed by atoms with van der Waals surface area (Å²) in [6.07, 6.45) is 1.23. The largest absolute Gasteiger partial charge is 0.494 e. The lowest BCUT2D eigenvalue weighted by Crippen LogP contribution is -2.33. The minimum Gasteiger partial charge on any atom is -0.494 e. The van der Waals surface area contributed by atoms with Gasteiger partial charge in [0.05, 0.1) is 40.6 Å². The molecule has 1 fully saturated rings. The Labute approximate surface area is 216 Å². The van der Waals surface area contributed by atoms with Crippen molar-refractivity contribution in [3.05, 3.63) is 65.4 Å². The van der Waals surface area contributed by atoms with Crippen molar-refractivity contribution in [3.63, 3.8) is 0 Å². The number of nitriles is 1. The minimum absolute atomic E-state index is 0.166. The zero-order chi connectivity index (χ0) is 26.2. The summed E-state index contributed by atoms with van der Waals surface area (Å²) < 4.78 is 24.5. The fourth-order valence-electron chi connectivity index (χ4n) is 6.09. The van der Waals surface area contributed by atoms with Gasteiger partial charge in [-0.05, 0) is 43.3 Å². The summed E-state index contributed by atoms with van der Waals surface area (Å²) >= 11 is 0. The summed E-state index contributed by atoms with van der Waals surface area (Å²) in [6.45, 7) is 2.10. The lowest BCUT2D eigenvalue weighted by molar-refractivity contribution is -0.107. The van der Waals surface area contributed by atoms with Crippen LogP contribution in [-0.2, 0) is 15.9 Å². The molecule has 0 unspecified atom stereocenters. The number of aromatic hydroxyl groups is 2. The topological polar surface area (TPSA) is 139 Å². The number of hydrogen-bond acceptors (Lipinski definition) is 9. The average Bonchev–Trinajstić information content (AvgIpc) is 3.62. The number of benzene rings is 2. The molecule has 10 nitrogen and oxygen atoms in total. The molecule has 7 rings (SSSR count). The second kappa shape index (κ2) is 7.77. The fourth-order valence-corrected chi connectivity index (χ4v) is 6.09. The second-order valence-electron chi connectivity index (χ2n) is 9.91. The molecule has 2 aromatic carbocycles. The van der Waals surface area contributed by atoms with E-state index in [9.17, 15) is 20.6 Å². The highest BCUT2D eigenvalue weighted by molar-refractivity contribution is 5.92. The molecule has 1 saturated heterocycles. The highest BCUT2D eigenvalue weighted by atomic mass is 16.7. The number of hydrogen-bond donors (Lipinski definition) is 3. The maximum atomic E-state index is 11.6. The van der Waals surface area contributed by atoms with E-state index in [-0.39, 0.29) is 31.6 Å². The maximum Gasteiger partial charge on any atom is 0.231 e. The first-order chi connectivity index (χ1) is 18.4. The lowest BCUT2D eigenvalue weighted by Gasteiger charge is -2.26. The van der Waals surface area contributed by atoms with Crippen LogP contribution < -0.4 is 14.2 Å². The Bertz CT molecular complexity index is 1680. The Hall–Kier alpha value is -4.46. The Morgan fingerprint density at radius 3 is 2.79 bits per heavy atom. The van der Waals surface area contributed by atoms with Gasteiger partial charge < -0.3 is 34.3 Å². The Morgan fingerprint density at radius 1 is 1.13 bits per heavy atom. The van der Waals surface area contributed by atoms with Crippen molar-refractivity contribution in [3.8, 4) is 40.8 Å². The molecule has 2 aromatic heterocycles. The van der Waals surface area contributed by atoms with E-state index in [0.29, 0.717) is 57.0 Å². The molecule has 0 spiro atoms. The zero-order valence-corrected chi connectivity index (χ0v) is 20.3. The third-order valence-corrected chi connectivity index (χ3v) is 7.87. The molecule has 38 heavy (non-hydrogen) atoms. The van der Waals surface area contributed by atoms with Crippen molar-refractivity contribution in [2.24, 2.45) is 0 Å². The smallest absolute Gasteiger partial charge is 0.231 e. The van der Waals surface area contributed by atoms with Crippen LogP contribution in [0.25, 0.3) is 16.6 Å². The molecule has 5 heterocycles. The number of pyridine rings is 1. The Balaban J connectivity index is 1.29. The molecule has 0 saturated carbocycles. The first kappa shape index (κ1) is 22.7. The normalized spacial score (nSPS) is 24.5. The number of rotatable bonds is 5. The van der Waals surface area contributed by atoms with Gasteiger partial charge in [0.15, 0.2) is 11.5 Å². The van der Waals surface area contributed by atoms with Gasteiger partial charge in [0.25, 0.3) is 0 Å². The van der Waals surface area contributed by atoms with Crippen molar-refractivity contribution < 1.29 is 34.3 Å². The molecular weight excluding hydrogens is 490 g/mol. The van der Waals surface area contributed by atoms with Crippen LogP contribution in [-0.4, -0.2) is 44.4 Å². The monoisotopic (exact) mass is 513 g/mol. The number of nitrogens with zero attached hydrogens (tertiary/aromatic N) is 3. The predicted molar refractivity (Wildman–Crippen MR) is 133 cm³/mol. The number of aromatic nitrogens is 2. The van der Waals surface area contributed by atoms with Crippen molar-refractivity contribution in [2.75, 3.05) is 13.4 Å².